The number of carbonyl (C=O) groups is 3. The molecule has 0 saturated carbocycles. The Morgan fingerprint density at radius 2 is 1.67 bits per heavy atom. The highest BCUT2D eigenvalue weighted by Crippen LogP contribution is 2.30. The van der Waals surface area contributed by atoms with E-state index in [1.54, 1.807) is 72.8 Å². The monoisotopic (exact) mass is 461 g/mol. The summed E-state index contributed by atoms with van der Waals surface area (Å²) in [6.07, 6.45) is 0. The van der Waals surface area contributed by atoms with E-state index in [0.29, 0.717) is 35.0 Å². The summed E-state index contributed by atoms with van der Waals surface area (Å²) in [4.78, 5) is 39.3. The first-order chi connectivity index (χ1) is 16.0. The molecule has 2 N–H and O–H groups in total. The van der Waals surface area contributed by atoms with Gasteiger partial charge in [0.2, 0.25) is 0 Å². The number of hydrogen-bond acceptors (Lipinski definition) is 5. The smallest absolute Gasteiger partial charge is 0.283 e. The molecular weight excluding hydrogens is 442 g/mol. The lowest BCUT2D eigenvalue weighted by Gasteiger charge is -2.15. The van der Waals surface area contributed by atoms with Crippen molar-refractivity contribution in [3.05, 3.63) is 95.2 Å². The first kappa shape index (κ1) is 22.1. The minimum absolute atomic E-state index is 0.0511. The minimum atomic E-state index is -0.614. The lowest BCUT2D eigenvalue weighted by molar-refractivity contribution is -0.120. The molecule has 0 bridgehead atoms. The van der Waals surface area contributed by atoms with Crippen LogP contribution in [0.25, 0.3) is 0 Å². The summed E-state index contributed by atoms with van der Waals surface area (Å²) in [5.41, 5.74) is 1.70. The molecule has 1 aliphatic rings. The minimum Gasteiger partial charge on any atom is -0.492 e. The standard InChI is InChI=1S/C25H20ClN3O4/c1-2-33-20-14-7-6-13-19(20)28-23(30)16-9-8-10-17(15-16)27-22-21(26)24(31)29(25(22)32)18-11-4-3-5-12-18/h3-15,27H,2H2,1H3,(H,28,30). The van der Waals surface area contributed by atoms with Gasteiger partial charge >= 0.3 is 0 Å². The number of para-hydroxylation sites is 3. The van der Waals surface area contributed by atoms with E-state index in [1.165, 1.54) is 0 Å². The molecule has 33 heavy (non-hydrogen) atoms. The zero-order valence-corrected chi connectivity index (χ0v) is 18.4. The van der Waals surface area contributed by atoms with Crippen LogP contribution in [0.15, 0.2) is 89.6 Å². The Morgan fingerprint density at radius 1 is 0.939 bits per heavy atom. The fourth-order valence-corrected chi connectivity index (χ4v) is 3.56. The van der Waals surface area contributed by atoms with E-state index in [4.69, 9.17) is 16.3 Å². The van der Waals surface area contributed by atoms with E-state index in [-0.39, 0.29) is 16.6 Å². The molecule has 8 heteroatoms. The molecule has 7 nitrogen and oxygen atoms in total. The van der Waals surface area contributed by atoms with Crippen molar-refractivity contribution in [1.82, 2.24) is 0 Å². The number of ether oxygens (including phenoxy) is 1. The molecule has 3 amide bonds. The highest BCUT2D eigenvalue weighted by atomic mass is 35.5. The average Bonchev–Trinajstić information content (AvgIpc) is 3.04. The Kier molecular flexibility index (Phi) is 6.42. The Hall–Kier alpha value is -4.10. The van der Waals surface area contributed by atoms with Crippen LogP contribution in [0.5, 0.6) is 5.75 Å². The van der Waals surface area contributed by atoms with Crippen LogP contribution in [0, 0.1) is 0 Å². The molecule has 3 aromatic carbocycles. The Morgan fingerprint density at radius 3 is 2.42 bits per heavy atom. The van der Waals surface area contributed by atoms with Crippen LogP contribution in [0.2, 0.25) is 0 Å². The SMILES string of the molecule is CCOc1ccccc1NC(=O)c1cccc(NC2=C(Cl)C(=O)N(c3ccccc3)C2=O)c1. The van der Waals surface area contributed by atoms with Crippen molar-refractivity contribution in [2.24, 2.45) is 0 Å². The van der Waals surface area contributed by atoms with E-state index in [2.05, 4.69) is 10.6 Å². The first-order valence-electron chi connectivity index (χ1n) is 10.2. The molecule has 0 aliphatic carbocycles. The number of nitrogens with one attached hydrogen (secondary N) is 2. The third-order valence-electron chi connectivity index (χ3n) is 4.87. The van der Waals surface area contributed by atoms with Crippen molar-refractivity contribution >= 4 is 46.4 Å². The predicted molar refractivity (Wildman–Crippen MR) is 127 cm³/mol. The molecule has 0 fully saturated rings. The number of halogens is 1. The molecular formula is C25H20ClN3O4. The van der Waals surface area contributed by atoms with E-state index >= 15 is 0 Å². The molecule has 1 heterocycles. The van der Waals surface area contributed by atoms with Gasteiger partial charge in [-0.15, -0.1) is 0 Å². The second-order valence-corrected chi connectivity index (χ2v) is 7.44. The van der Waals surface area contributed by atoms with Crippen molar-refractivity contribution in [3.8, 4) is 5.75 Å². The van der Waals surface area contributed by atoms with Crippen LogP contribution in [0.1, 0.15) is 17.3 Å². The molecule has 0 aromatic heterocycles. The maximum atomic E-state index is 12.9. The zero-order valence-electron chi connectivity index (χ0n) is 17.7. The van der Waals surface area contributed by atoms with Crippen molar-refractivity contribution < 1.29 is 19.1 Å². The third kappa shape index (κ3) is 4.58. The topological polar surface area (TPSA) is 87.7 Å². The van der Waals surface area contributed by atoms with Crippen LogP contribution in [0.4, 0.5) is 17.1 Å². The maximum absolute atomic E-state index is 12.9. The Bertz CT molecular complexity index is 1260. The summed E-state index contributed by atoms with van der Waals surface area (Å²) in [6.45, 7) is 2.33. The van der Waals surface area contributed by atoms with Crippen LogP contribution < -0.4 is 20.3 Å². The lowest BCUT2D eigenvalue weighted by atomic mass is 10.1. The van der Waals surface area contributed by atoms with Gasteiger partial charge in [-0.2, -0.15) is 0 Å². The first-order valence-corrected chi connectivity index (χ1v) is 10.6. The normalized spacial score (nSPS) is 13.3. The van der Waals surface area contributed by atoms with Crippen molar-refractivity contribution in [2.75, 3.05) is 22.1 Å². The molecule has 0 radical (unpaired) electrons. The third-order valence-corrected chi connectivity index (χ3v) is 5.22. The number of anilines is 3. The van der Waals surface area contributed by atoms with Crippen molar-refractivity contribution in [3.63, 3.8) is 0 Å². The fourth-order valence-electron chi connectivity index (χ4n) is 3.35. The largest absolute Gasteiger partial charge is 0.492 e. The molecule has 3 aromatic rings. The van der Waals surface area contributed by atoms with Crippen molar-refractivity contribution in [2.45, 2.75) is 6.92 Å². The lowest BCUT2D eigenvalue weighted by Crippen LogP contribution is -2.32. The summed E-state index contributed by atoms with van der Waals surface area (Å²) in [5, 5.41) is 5.50. The Balaban J connectivity index is 1.53. The molecule has 0 spiro atoms. The number of rotatable bonds is 7. The van der Waals surface area contributed by atoms with Gasteiger partial charge in [-0.25, -0.2) is 4.90 Å². The number of imide groups is 1. The molecule has 166 valence electrons. The fraction of sp³-hybridized carbons (Fsp3) is 0.0800. The summed E-state index contributed by atoms with van der Waals surface area (Å²) >= 11 is 6.19. The average molecular weight is 462 g/mol. The zero-order chi connectivity index (χ0) is 23.4. The van der Waals surface area contributed by atoms with Gasteiger partial charge in [0, 0.05) is 11.3 Å². The number of hydrogen-bond donors (Lipinski definition) is 2. The second-order valence-electron chi connectivity index (χ2n) is 7.06. The van der Waals surface area contributed by atoms with E-state index in [0.717, 1.165) is 4.90 Å². The summed E-state index contributed by atoms with van der Waals surface area (Å²) < 4.78 is 5.54. The molecule has 0 unspecified atom stereocenters. The van der Waals surface area contributed by atoms with Gasteiger partial charge in [0.25, 0.3) is 17.7 Å². The van der Waals surface area contributed by atoms with Gasteiger partial charge < -0.3 is 15.4 Å². The van der Waals surface area contributed by atoms with Gasteiger partial charge in [0.05, 0.1) is 18.0 Å². The van der Waals surface area contributed by atoms with E-state index < -0.39 is 11.8 Å². The number of carbonyl (C=O) groups excluding carboxylic acids is 3. The van der Waals surface area contributed by atoms with E-state index in [1.807, 2.05) is 13.0 Å². The summed E-state index contributed by atoms with van der Waals surface area (Å²) in [7, 11) is 0. The molecule has 0 atom stereocenters. The number of nitrogens with zero attached hydrogens (tertiary/aromatic N) is 1. The Labute approximate surface area is 195 Å². The van der Waals surface area contributed by atoms with Gasteiger partial charge in [0.1, 0.15) is 16.5 Å². The molecule has 1 aliphatic heterocycles. The van der Waals surface area contributed by atoms with Gasteiger partial charge in [-0.1, -0.05) is 48.0 Å². The van der Waals surface area contributed by atoms with Gasteiger partial charge in [0.15, 0.2) is 0 Å². The van der Waals surface area contributed by atoms with Crippen LogP contribution in [-0.2, 0) is 9.59 Å². The van der Waals surface area contributed by atoms with Crippen LogP contribution in [0.3, 0.4) is 0 Å². The van der Waals surface area contributed by atoms with E-state index in [9.17, 15) is 14.4 Å². The van der Waals surface area contributed by atoms with Gasteiger partial charge in [-0.05, 0) is 49.4 Å². The quantitative estimate of drug-likeness (QED) is 0.495. The van der Waals surface area contributed by atoms with Gasteiger partial charge in [-0.3, -0.25) is 14.4 Å². The molecule has 4 rings (SSSR count). The van der Waals surface area contributed by atoms with Crippen LogP contribution in [-0.4, -0.2) is 24.3 Å². The maximum Gasteiger partial charge on any atom is 0.283 e. The summed E-state index contributed by atoms with van der Waals surface area (Å²) in [6, 6.07) is 22.2. The number of amides is 3. The predicted octanol–water partition coefficient (Wildman–Crippen LogP) is 4.77. The molecule has 0 saturated heterocycles. The summed E-state index contributed by atoms with van der Waals surface area (Å²) in [5.74, 6) is -0.977. The highest BCUT2D eigenvalue weighted by Gasteiger charge is 2.38. The highest BCUT2D eigenvalue weighted by molar-refractivity contribution is 6.53. The van der Waals surface area contributed by atoms with Crippen LogP contribution >= 0.6 is 11.6 Å². The number of benzene rings is 3. The van der Waals surface area contributed by atoms with Crippen molar-refractivity contribution in [1.29, 1.82) is 0 Å². The second kappa shape index (κ2) is 9.58.